The van der Waals surface area contributed by atoms with E-state index in [1.807, 2.05) is 23.6 Å². The number of rotatable bonds is 2. The molecule has 3 aliphatic heterocycles. The average Bonchev–Trinajstić information content (AvgIpc) is 2.96. The van der Waals surface area contributed by atoms with Crippen LogP contribution < -0.4 is 5.32 Å². The van der Waals surface area contributed by atoms with Crippen LogP contribution in [0.4, 0.5) is 0 Å². The Kier molecular flexibility index (Phi) is 5.66. The van der Waals surface area contributed by atoms with Gasteiger partial charge in [0.05, 0.1) is 0 Å². The highest BCUT2D eigenvalue weighted by atomic mass is 35.5. The van der Waals surface area contributed by atoms with Crippen molar-refractivity contribution in [1.82, 2.24) is 15.2 Å². The summed E-state index contributed by atoms with van der Waals surface area (Å²) in [7, 11) is 0. The van der Waals surface area contributed by atoms with Gasteiger partial charge in [-0.05, 0) is 55.4 Å². The number of aromatic nitrogens is 1. The molecule has 1 atom stereocenters. The van der Waals surface area contributed by atoms with Crippen molar-refractivity contribution in [3.8, 4) is 0 Å². The monoisotopic (exact) mass is 359 g/mol. The van der Waals surface area contributed by atoms with Gasteiger partial charge in [-0.15, -0.1) is 36.2 Å². The first kappa shape index (κ1) is 17.5. The quantitative estimate of drug-likeness (QED) is 0.896. The van der Waals surface area contributed by atoms with Crippen LogP contribution in [0, 0.1) is 5.92 Å². The Morgan fingerprint density at radius 2 is 2.00 bits per heavy atom. The van der Waals surface area contributed by atoms with E-state index in [4.69, 9.17) is 0 Å². The molecule has 0 saturated carbocycles. The smallest absolute Gasteiger partial charge is 0.270 e. The van der Waals surface area contributed by atoms with Gasteiger partial charge in [0.1, 0.15) is 10.5 Å². The predicted molar refractivity (Wildman–Crippen MR) is 94.5 cm³/mol. The van der Waals surface area contributed by atoms with Crippen LogP contribution in [0.3, 0.4) is 0 Å². The number of nitrogens with one attached hydrogen (secondary N) is 1. The zero-order valence-corrected chi connectivity index (χ0v) is 14.5. The first-order valence-corrected chi connectivity index (χ1v) is 8.05. The van der Waals surface area contributed by atoms with E-state index in [0.717, 1.165) is 16.8 Å². The molecule has 3 saturated heterocycles. The number of carbonyl (C=O) groups is 1. The lowest BCUT2D eigenvalue weighted by Crippen LogP contribution is -2.57. The molecule has 2 aromatic rings. The summed E-state index contributed by atoms with van der Waals surface area (Å²) in [6, 6.07) is 6.13. The van der Waals surface area contributed by atoms with Gasteiger partial charge in [0.25, 0.3) is 5.91 Å². The van der Waals surface area contributed by atoms with Gasteiger partial charge in [0.2, 0.25) is 0 Å². The lowest BCUT2D eigenvalue weighted by Gasteiger charge is -2.44. The molecule has 1 N–H and O–H groups in total. The van der Waals surface area contributed by atoms with Gasteiger partial charge in [0.15, 0.2) is 0 Å². The average molecular weight is 360 g/mol. The molecule has 5 rings (SSSR count). The van der Waals surface area contributed by atoms with Crippen LogP contribution in [0.5, 0.6) is 0 Å². The van der Waals surface area contributed by atoms with E-state index < -0.39 is 0 Å². The molecule has 0 unspecified atom stereocenters. The van der Waals surface area contributed by atoms with Crippen molar-refractivity contribution in [1.29, 1.82) is 0 Å². The van der Waals surface area contributed by atoms with Crippen LogP contribution in [0.15, 0.2) is 23.6 Å². The fourth-order valence-corrected chi connectivity index (χ4v) is 4.11. The van der Waals surface area contributed by atoms with E-state index in [9.17, 15) is 4.79 Å². The predicted octanol–water partition coefficient (Wildman–Crippen LogP) is 2.96. The second-order valence-corrected chi connectivity index (χ2v) is 6.62. The number of thiophene rings is 1. The number of piperidine rings is 3. The molecule has 0 aromatic carbocycles. The lowest BCUT2D eigenvalue weighted by molar-refractivity contribution is 0.0618. The first-order chi connectivity index (χ1) is 9.79. The topological polar surface area (TPSA) is 45.2 Å². The van der Waals surface area contributed by atoms with Crippen LogP contribution in [0.25, 0.3) is 10.2 Å². The Bertz CT molecular complexity index is 655. The molecule has 3 aliphatic rings. The van der Waals surface area contributed by atoms with Crippen LogP contribution >= 0.6 is 36.2 Å². The molecule has 0 radical (unpaired) electrons. The molecule has 7 heteroatoms. The summed E-state index contributed by atoms with van der Waals surface area (Å²) in [4.78, 5) is 20.2. The molecule has 4 nitrogen and oxygen atoms in total. The SMILES string of the molecule is Cl.Cl.O=C(N[C@H]1CN2CCC1CC2)c1ccc2ccsc2n1. The fraction of sp³-hybridized carbons (Fsp3) is 0.467. The maximum Gasteiger partial charge on any atom is 0.270 e. The molecule has 1 amide bonds. The van der Waals surface area contributed by atoms with Gasteiger partial charge in [-0.1, -0.05) is 0 Å². The molecule has 120 valence electrons. The second-order valence-electron chi connectivity index (χ2n) is 5.73. The molecule has 0 spiro atoms. The van der Waals surface area contributed by atoms with Crippen molar-refractivity contribution >= 4 is 52.3 Å². The minimum absolute atomic E-state index is 0. The lowest BCUT2D eigenvalue weighted by atomic mass is 9.84. The van der Waals surface area contributed by atoms with Crippen LogP contribution in [-0.4, -0.2) is 41.5 Å². The standard InChI is InChI=1S/C15H17N3OS.2ClH/c19-14(12-2-1-11-5-8-20-15(11)17-12)16-13-9-18-6-3-10(13)4-7-18;;/h1-2,5,8,10,13H,3-4,6-7,9H2,(H,16,19);2*1H/t13-;;/m0../s1. The number of hydrogen-bond acceptors (Lipinski definition) is 4. The number of pyridine rings is 1. The van der Waals surface area contributed by atoms with Gasteiger partial charge >= 0.3 is 0 Å². The molecule has 2 bridgehead atoms. The van der Waals surface area contributed by atoms with Crippen molar-refractivity contribution in [2.24, 2.45) is 5.92 Å². The summed E-state index contributed by atoms with van der Waals surface area (Å²) in [5, 5.41) is 6.30. The Morgan fingerprint density at radius 3 is 2.68 bits per heavy atom. The van der Waals surface area contributed by atoms with Crippen molar-refractivity contribution in [2.75, 3.05) is 19.6 Å². The van der Waals surface area contributed by atoms with Crippen LogP contribution in [0.1, 0.15) is 23.3 Å². The normalized spacial score (nSPS) is 26.1. The Hall–Kier alpha value is -0.880. The van der Waals surface area contributed by atoms with Crippen LogP contribution in [0.2, 0.25) is 0 Å². The Morgan fingerprint density at radius 1 is 1.23 bits per heavy atom. The highest BCUT2D eigenvalue weighted by Gasteiger charge is 2.35. The summed E-state index contributed by atoms with van der Waals surface area (Å²) in [5.41, 5.74) is 0.538. The highest BCUT2D eigenvalue weighted by molar-refractivity contribution is 7.16. The summed E-state index contributed by atoms with van der Waals surface area (Å²) in [5.74, 6) is 0.619. The number of nitrogens with zero attached hydrogens (tertiary/aromatic N) is 2. The van der Waals surface area contributed by atoms with Crippen LogP contribution in [-0.2, 0) is 0 Å². The minimum atomic E-state index is -0.0287. The number of halogens is 2. The van der Waals surface area contributed by atoms with Gasteiger partial charge in [-0.2, -0.15) is 0 Å². The third-order valence-corrected chi connectivity index (χ3v) is 5.34. The molecular formula is C15H19Cl2N3OS. The summed E-state index contributed by atoms with van der Waals surface area (Å²) in [6.45, 7) is 3.38. The summed E-state index contributed by atoms with van der Waals surface area (Å²) < 4.78 is 0. The third-order valence-electron chi connectivity index (χ3n) is 4.52. The largest absolute Gasteiger partial charge is 0.346 e. The van der Waals surface area contributed by atoms with E-state index in [2.05, 4.69) is 15.2 Å². The van der Waals surface area contributed by atoms with E-state index in [0.29, 0.717) is 17.7 Å². The van der Waals surface area contributed by atoms with Gasteiger partial charge in [-0.25, -0.2) is 4.98 Å². The Labute approximate surface area is 146 Å². The van der Waals surface area contributed by atoms with Gasteiger partial charge < -0.3 is 10.2 Å². The molecule has 3 fully saturated rings. The van der Waals surface area contributed by atoms with Gasteiger partial charge in [0, 0.05) is 18.0 Å². The van der Waals surface area contributed by atoms with E-state index >= 15 is 0 Å². The number of amides is 1. The Balaban J connectivity index is 0.000000882. The van der Waals surface area contributed by atoms with Crippen molar-refractivity contribution in [3.05, 3.63) is 29.3 Å². The maximum atomic E-state index is 12.4. The molecule has 5 heterocycles. The van der Waals surface area contributed by atoms with Crippen molar-refractivity contribution in [3.63, 3.8) is 0 Å². The minimum Gasteiger partial charge on any atom is -0.346 e. The second kappa shape index (κ2) is 7.13. The number of carbonyl (C=O) groups excluding carboxylic acids is 1. The third kappa shape index (κ3) is 3.23. The molecular weight excluding hydrogens is 341 g/mol. The number of fused-ring (bicyclic) bond motifs is 4. The first-order valence-electron chi connectivity index (χ1n) is 7.17. The maximum absolute atomic E-state index is 12.4. The van der Waals surface area contributed by atoms with Crippen molar-refractivity contribution < 1.29 is 4.79 Å². The fourth-order valence-electron chi connectivity index (χ4n) is 3.34. The summed E-state index contributed by atoms with van der Waals surface area (Å²) >= 11 is 1.58. The van der Waals surface area contributed by atoms with E-state index in [1.165, 1.54) is 25.9 Å². The zero-order chi connectivity index (χ0) is 13.5. The number of hydrogen-bond donors (Lipinski definition) is 1. The highest BCUT2D eigenvalue weighted by Crippen LogP contribution is 2.27. The van der Waals surface area contributed by atoms with E-state index in [-0.39, 0.29) is 30.7 Å². The molecule has 0 aliphatic carbocycles. The van der Waals surface area contributed by atoms with Gasteiger partial charge in [-0.3, -0.25) is 4.79 Å². The molecule has 22 heavy (non-hydrogen) atoms. The summed E-state index contributed by atoms with van der Waals surface area (Å²) in [6.07, 6.45) is 2.42. The molecule has 2 aromatic heterocycles. The zero-order valence-electron chi connectivity index (χ0n) is 12.0. The van der Waals surface area contributed by atoms with E-state index in [1.54, 1.807) is 11.3 Å². The van der Waals surface area contributed by atoms with Crippen molar-refractivity contribution in [2.45, 2.75) is 18.9 Å².